The summed E-state index contributed by atoms with van der Waals surface area (Å²) < 4.78 is 27.1. The van der Waals surface area contributed by atoms with Gasteiger partial charge < -0.3 is 10.2 Å². The Labute approximate surface area is 155 Å². The summed E-state index contributed by atoms with van der Waals surface area (Å²) in [4.78, 5) is 23.2. The normalized spacial score (nSPS) is 14.4. The van der Waals surface area contributed by atoms with Crippen LogP contribution in [0.25, 0.3) is 10.9 Å². The van der Waals surface area contributed by atoms with Crippen molar-refractivity contribution in [2.45, 2.75) is 19.3 Å². The molecule has 138 valence electrons. The van der Waals surface area contributed by atoms with E-state index in [9.17, 15) is 13.6 Å². The molecule has 7 heteroatoms. The minimum absolute atomic E-state index is 0.341. The predicted octanol–water partition coefficient (Wildman–Crippen LogP) is 4.15. The molecule has 0 saturated carbocycles. The molecule has 3 aromatic rings. The van der Waals surface area contributed by atoms with Gasteiger partial charge in [-0.05, 0) is 55.7 Å². The molecule has 1 N–H and O–H groups in total. The quantitative estimate of drug-likeness (QED) is 0.755. The van der Waals surface area contributed by atoms with Crippen LogP contribution in [0.1, 0.15) is 29.6 Å². The lowest BCUT2D eigenvalue weighted by atomic mass is 10.1. The number of rotatable bonds is 3. The Morgan fingerprint density at radius 3 is 2.63 bits per heavy atom. The molecule has 0 aliphatic carbocycles. The van der Waals surface area contributed by atoms with Crippen LogP contribution < -0.4 is 10.2 Å². The van der Waals surface area contributed by atoms with Gasteiger partial charge in [0.15, 0.2) is 0 Å². The van der Waals surface area contributed by atoms with Gasteiger partial charge in [0.1, 0.15) is 23.8 Å². The molecule has 1 aliphatic heterocycles. The number of carbonyl (C=O) groups excluding carboxylic acids is 1. The van der Waals surface area contributed by atoms with Crippen LogP contribution in [-0.4, -0.2) is 29.0 Å². The number of fused-ring (bicyclic) bond motifs is 1. The zero-order valence-corrected chi connectivity index (χ0v) is 14.6. The minimum atomic E-state index is -0.774. The molecule has 27 heavy (non-hydrogen) atoms. The molecule has 1 fully saturated rings. The molecular formula is C20H18F2N4O. The number of halogens is 2. The van der Waals surface area contributed by atoms with Crippen molar-refractivity contribution in [3.8, 4) is 0 Å². The molecular weight excluding hydrogens is 350 g/mol. The van der Waals surface area contributed by atoms with Crippen LogP contribution in [0.3, 0.4) is 0 Å². The van der Waals surface area contributed by atoms with Crippen LogP contribution in [-0.2, 0) is 0 Å². The summed E-state index contributed by atoms with van der Waals surface area (Å²) in [6.45, 7) is 1.92. The van der Waals surface area contributed by atoms with Crippen LogP contribution in [0.15, 0.2) is 42.7 Å². The SMILES string of the molecule is O=C(Nc1ccc2c(N3CCCCC3)ncnc2c1)c1cc(F)ccc1F. The second kappa shape index (κ2) is 7.26. The van der Waals surface area contributed by atoms with Crippen molar-refractivity contribution in [2.24, 2.45) is 0 Å². The van der Waals surface area contributed by atoms with E-state index >= 15 is 0 Å². The summed E-state index contributed by atoms with van der Waals surface area (Å²) >= 11 is 0. The van der Waals surface area contributed by atoms with Crippen molar-refractivity contribution in [1.29, 1.82) is 0 Å². The van der Waals surface area contributed by atoms with E-state index in [4.69, 9.17) is 0 Å². The molecule has 1 saturated heterocycles. The fourth-order valence-electron chi connectivity index (χ4n) is 3.35. The highest BCUT2D eigenvalue weighted by atomic mass is 19.1. The van der Waals surface area contributed by atoms with Crippen LogP contribution in [0.2, 0.25) is 0 Å². The molecule has 0 atom stereocenters. The van der Waals surface area contributed by atoms with E-state index in [0.717, 1.165) is 55.3 Å². The van der Waals surface area contributed by atoms with E-state index in [-0.39, 0.29) is 5.56 Å². The Bertz CT molecular complexity index is 1000. The van der Waals surface area contributed by atoms with E-state index in [1.807, 2.05) is 6.07 Å². The van der Waals surface area contributed by atoms with Crippen molar-refractivity contribution >= 4 is 28.3 Å². The standard InChI is InChI=1S/C20H18F2N4O/c21-13-4-7-17(22)16(10-13)20(27)25-14-5-6-15-18(11-14)23-12-24-19(15)26-8-2-1-3-9-26/h4-7,10-12H,1-3,8-9H2,(H,25,27). The number of carbonyl (C=O) groups is 1. The Kier molecular flexibility index (Phi) is 4.66. The van der Waals surface area contributed by atoms with Crippen LogP contribution in [0, 0.1) is 11.6 Å². The number of hydrogen-bond acceptors (Lipinski definition) is 4. The molecule has 0 bridgehead atoms. The van der Waals surface area contributed by atoms with E-state index in [1.165, 1.54) is 12.7 Å². The molecule has 4 rings (SSSR count). The third-order valence-corrected chi connectivity index (χ3v) is 4.70. The summed E-state index contributed by atoms with van der Waals surface area (Å²) in [7, 11) is 0. The summed E-state index contributed by atoms with van der Waals surface area (Å²) in [6.07, 6.45) is 5.01. The second-order valence-corrected chi connectivity index (χ2v) is 6.56. The second-order valence-electron chi connectivity index (χ2n) is 6.56. The first kappa shape index (κ1) is 17.3. The number of aromatic nitrogens is 2. The van der Waals surface area contributed by atoms with Crippen LogP contribution in [0.5, 0.6) is 0 Å². The van der Waals surface area contributed by atoms with Crippen LogP contribution >= 0.6 is 0 Å². The number of anilines is 2. The van der Waals surface area contributed by atoms with Crippen molar-refractivity contribution in [3.05, 3.63) is 59.9 Å². The minimum Gasteiger partial charge on any atom is -0.356 e. The maximum Gasteiger partial charge on any atom is 0.258 e. The zero-order chi connectivity index (χ0) is 18.8. The van der Waals surface area contributed by atoms with Gasteiger partial charge in [0, 0.05) is 24.2 Å². The van der Waals surface area contributed by atoms with Gasteiger partial charge >= 0.3 is 0 Å². The van der Waals surface area contributed by atoms with E-state index in [2.05, 4.69) is 20.2 Å². The Morgan fingerprint density at radius 2 is 1.81 bits per heavy atom. The van der Waals surface area contributed by atoms with Gasteiger partial charge in [-0.25, -0.2) is 18.7 Å². The number of amides is 1. The maximum absolute atomic E-state index is 13.8. The average Bonchev–Trinajstić information content (AvgIpc) is 2.69. The average molecular weight is 368 g/mol. The molecule has 1 aliphatic rings. The zero-order valence-electron chi connectivity index (χ0n) is 14.6. The van der Waals surface area contributed by atoms with Gasteiger partial charge in [-0.3, -0.25) is 4.79 Å². The lowest BCUT2D eigenvalue weighted by Crippen LogP contribution is -2.30. The van der Waals surface area contributed by atoms with Gasteiger partial charge in [0.25, 0.3) is 5.91 Å². The van der Waals surface area contributed by atoms with E-state index in [1.54, 1.807) is 12.1 Å². The summed E-state index contributed by atoms with van der Waals surface area (Å²) in [5.41, 5.74) is 0.800. The molecule has 0 unspecified atom stereocenters. The largest absolute Gasteiger partial charge is 0.356 e. The summed E-state index contributed by atoms with van der Waals surface area (Å²) in [5.74, 6) is -1.27. The topological polar surface area (TPSA) is 58.1 Å². The van der Waals surface area contributed by atoms with Gasteiger partial charge in [0.2, 0.25) is 0 Å². The fraction of sp³-hybridized carbons (Fsp3) is 0.250. The van der Waals surface area contributed by atoms with Crippen molar-refractivity contribution in [2.75, 3.05) is 23.3 Å². The van der Waals surface area contributed by atoms with Crippen molar-refractivity contribution in [3.63, 3.8) is 0 Å². The number of nitrogens with zero attached hydrogens (tertiary/aromatic N) is 3. The lowest BCUT2D eigenvalue weighted by molar-refractivity contribution is 0.102. The van der Waals surface area contributed by atoms with E-state index < -0.39 is 17.5 Å². The van der Waals surface area contributed by atoms with Gasteiger partial charge in [-0.15, -0.1) is 0 Å². The molecule has 5 nitrogen and oxygen atoms in total. The Balaban J connectivity index is 1.62. The Morgan fingerprint density at radius 1 is 1.00 bits per heavy atom. The monoisotopic (exact) mass is 368 g/mol. The fourth-order valence-corrected chi connectivity index (χ4v) is 3.35. The number of piperidine rings is 1. The third-order valence-electron chi connectivity index (χ3n) is 4.70. The van der Waals surface area contributed by atoms with Crippen molar-refractivity contribution < 1.29 is 13.6 Å². The number of hydrogen-bond donors (Lipinski definition) is 1. The van der Waals surface area contributed by atoms with Crippen LogP contribution in [0.4, 0.5) is 20.3 Å². The molecule has 2 heterocycles. The summed E-state index contributed by atoms with van der Waals surface area (Å²) in [5, 5.41) is 3.50. The van der Waals surface area contributed by atoms with Gasteiger partial charge in [-0.1, -0.05) is 0 Å². The first-order valence-corrected chi connectivity index (χ1v) is 8.88. The van der Waals surface area contributed by atoms with Crippen molar-refractivity contribution in [1.82, 2.24) is 9.97 Å². The third kappa shape index (κ3) is 3.58. The maximum atomic E-state index is 13.8. The predicted molar refractivity (Wildman–Crippen MR) is 99.9 cm³/mol. The van der Waals surface area contributed by atoms with Gasteiger partial charge in [-0.2, -0.15) is 0 Å². The molecule has 0 radical (unpaired) electrons. The lowest BCUT2D eigenvalue weighted by Gasteiger charge is -2.28. The molecule has 1 amide bonds. The highest BCUT2D eigenvalue weighted by molar-refractivity contribution is 6.05. The molecule has 0 spiro atoms. The van der Waals surface area contributed by atoms with E-state index in [0.29, 0.717) is 11.2 Å². The van der Waals surface area contributed by atoms with Gasteiger partial charge in [0.05, 0.1) is 11.1 Å². The number of benzene rings is 2. The first-order chi connectivity index (χ1) is 13.1. The highest BCUT2D eigenvalue weighted by Gasteiger charge is 2.17. The smallest absolute Gasteiger partial charge is 0.258 e. The first-order valence-electron chi connectivity index (χ1n) is 8.88. The Hall–Kier alpha value is -3.09. The number of nitrogens with one attached hydrogen (secondary N) is 1. The highest BCUT2D eigenvalue weighted by Crippen LogP contribution is 2.27. The molecule has 1 aromatic heterocycles. The summed E-state index contributed by atoms with van der Waals surface area (Å²) in [6, 6.07) is 8.05. The molecule has 2 aromatic carbocycles.